The molecule has 2 unspecified atom stereocenters. The fourth-order valence-corrected chi connectivity index (χ4v) is 4.84. The highest BCUT2D eigenvalue weighted by atomic mass is 19.1. The first kappa shape index (κ1) is 18.5. The lowest BCUT2D eigenvalue weighted by atomic mass is 9.87. The SMILES string of the molecule is CC1CC(c2cnc(CCc3c(F)ccc4c3CCO4)n3cnnc23)CC(C)O1. The molecule has 29 heavy (non-hydrogen) atoms. The van der Waals surface area contributed by atoms with E-state index in [-0.39, 0.29) is 18.0 Å². The maximum absolute atomic E-state index is 14.5. The van der Waals surface area contributed by atoms with Crippen molar-refractivity contribution in [2.45, 2.75) is 64.1 Å². The number of benzene rings is 1. The molecule has 0 N–H and O–H groups in total. The van der Waals surface area contributed by atoms with E-state index in [1.165, 1.54) is 6.07 Å². The molecule has 0 amide bonds. The van der Waals surface area contributed by atoms with E-state index in [4.69, 9.17) is 14.5 Å². The summed E-state index contributed by atoms with van der Waals surface area (Å²) in [6, 6.07) is 3.22. The summed E-state index contributed by atoms with van der Waals surface area (Å²) in [5.74, 6) is 1.84. The van der Waals surface area contributed by atoms with Crippen molar-refractivity contribution in [3.8, 4) is 5.75 Å². The molecular formula is C22H25FN4O2. The summed E-state index contributed by atoms with van der Waals surface area (Å²) in [6.45, 7) is 4.85. The van der Waals surface area contributed by atoms with Crippen LogP contribution in [-0.4, -0.2) is 38.4 Å². The zero-order valence-corrected chi connectivity index (χ0v) is 16.8. The van der Waals surface area contributed by atoms with Crippen molar-refractivity contribution in [2.75, 3.05) is 6.61 Å². The van der Waals surface area contributed by atoms with Crippen molar-refractivity contribution in [1.82, 2.24) is 19.6 Å². The van der Waals surface area contributed by atoms with E-state index in [9.17, 15) is 4.39 Å². The van der Waals surface area contributed by atoms with Gasteiger partial charge in [0.15, 0.2) is 5.65 Å². The van der Waals surface area contributed by atoms with Crippen LogP contribution in [0.4, 0.5) is 4.39 Å². The summed E-state index contributed by atoms with van der Waals surface area (Å²) in [5, 5.41) is 8.51. The van der Waals surface area contributed by atoms with E-state index in [0.717, 1.165) is 53.2 Å². The average molecular weight is 396 g/mol. The van der Waals surface area contributed by atoms with Crippen molar-refractivity contribution >= 4 is 5.65 Å². The van der Waals surface area contributed by atoms with Gasteiger partial charge in [0.25, 0.3) is 0 Å². The molecule has 0 radical (unpaired) electrons. The molecule has 0 saturated carbocycles. The molecule has 2 aromatic heterocycles. The van der Waals surface area contributed by atoms with Crippen LogP contribution in [0.15, 0.2) is 24.7 Å². The molecule has 2 aliphatic rings. The number of hydrogen-bond donors (Lipinski definition) is 0. The van der Waals surface area contributed by atoms with Gasteiger partial charge in [0.05, 0.1) is 18.8 Å². The molecule has 0 spiro atoms. The number of rotatable bonds is 4. The molecule has 152 valence electrons. The van der Waals surface area contributed by atoms with E-state index in [2.05, 4.69) is 24.0 Å². The standard InChI is InChI=1S/C22H25FN4O2/c1-13-9-15(10-14(2)29-13)18-11-24-21(27-12-25-26-22(18)27)6-3-16-17-7-8-28-20(17)5-4-19(16)23/h4-5,11-15H,3,6-10H2,1-2H3. The monoisotopic (exact) mass is 396 g/mol. The van der Waals surface area contributed by atoms with Crippen molar-refractivity contribution in [2.24, 2.45) is 0 Å². The molecular weight excluding hydrogens is 371 g/mol. The lowest BCUT2D eigenvalue weighted by Crippen LogP contribution is -2.28. The van der Waals surface area contributed by atoms with Gasteiger partial charge >= 0.3 is 0 Å². The Morgan fingerprint density at radius 1 is 1.17 bits per heavy atom. The zero-order chi connectivity index (χ0) is 20.0. The predicted molar refractivity (Wildman–Crippen MR) is 106 cm³/mol. The van der Waals surface area contributed by atoms with Gasteiger partial charge in [-0.2, -0.15) is 0 Å². The normalized spacial score (nSPS) is 23.9. The summed E-state index contributed by atoms with van der Waals surface area (Å²) < 4.78 is 27.9. The number of nitrogens with zero attached hydrogens (tertiary/aromatic N) is 4. The minimum atomic E-state index is -0.170. The molecule has 2 aliphatic heterocycles. The van der Waals surface area contributed by atoms with E-state index in [1.54, 1.807) is 12.4 Å². The summed E-state index contributed by atoms with van der Waals surface area (Å²) >= 11 is 0. The second-order valence-electron chi connectivity index (χ2n) is 8.18. The molecule has 2 atom stereocenters. The number of fused-ring (bicyclic) bond motifs is 2. The minimum absolute atomic E-state index is 0.170. The minimum Gasteiger partial charge on any atom is -0.493 e. The predicted octanol–water partition coefficient (Wildman–Crippen LogP) is 3.65. The molecule has 4 heterocycles. The molecule has 7 heteroatoms. The molecule has 0 aliphatic carbocycles. The lowest BCUT2D eigenvalue weighted by molar-refractivity contribution is -0.0379. The van der Waals surface area contributed by atoms with Gasteiger partial charge in [-0.3, -0.25) is 4.40 Å². The maximum Gasteiger partial charge on any atom is 0.167 e. The lowest BCUT2D eigenvalue weighted by Gasteiger charge is -2.32. The van der Waals surface area contributed by atoms with E-state index < -0.39 is 0 Å². The highest BCUT2D eigenvalue weighted by molar-refractivity contribution is 5.49. The van der Waals surface area contributed by atoms with Crippen LogP contribution in [0.5, 0.6) is 5.75 Å². The second-order valence-corrected chi connectivity index (χ2v) is 8.18. The Labute approximate surface area is 169 Å². The van der Waals surface area contributed by atoms with Gasteiger partial charge in [-0.1, -0.05) is 0 Å². The van der Waals surface area contributed by atoms with Crippen LogP contribution in [0.1, 0.15) is 55.1 Å². The number of ether oxygens (including phenoxy) is 2. The summed E-state index contributed by atoms with van der Waals surface area (Å²) in [4.78, 5) is 4.73. The van der Waals surface area contributed by atoms with Crippen molar-refractivity contribution in [3.63, 3.8) is 0 Å². The van der Waals surface area contributed by atoms with Crippen LogP contribution in [0, 0.1) is 5.82 Å². The van der Waals surface area contributed by atoms with Crippen molar-refractivity contribution in [1.29, 1.82) is 0 Å². The van der Waals surface area contributed by atoms with Gasteiger partial charge in [-0.05, 0) is 56.7 Å². The summed E-state index contributed by atoms with van der Waals surface area (Å²) in [5.41, 5.74) is 3.70. The quantitative estimate of drug-likeness (QED) is 0.674. The Morgan fingerprint density at radius 2 is 2.00 bits per heavy atom. The smallest absolute Gasteiger partial charge is 0.167 e. The zero-order valence-electron chi connectivity index (χ0n) is 16.8. The molecule has 1 saturated heterocycles. The summed E-state index contributed by atoms with van der Waals surface area (Å²) in [7, 11) is 0. The maximum atomic E-state index is 14.5. The van der Waals surface area contributed by atoms with Crippen LogP contribution >= 0.6 is 0 Å². The van der Waals surface area contributed by atoms with Gasteiger partial charge in [0, 0.05) is 30.2 Å². The molecule has 3 aromatic rings. The number of hydrogen-bond acceptors (Lipinski definition) is 5. The van der Waals surface area contributed by atoms with Crippen LogP contribution < -0.4 is 4.74 Å². The van der Waals surface area contributed by atoms with Gasteiger partial charge < -0.3 is 9.47 Å². The van der Waals surface area contributed by atoms with Crippen LogP contribution in [0.3, 0.4) is 0 Å². The molecule has 0 bridgehead atoms. The first-order valence-corrected chi connectivity index (χ1v) is 10.4. The van der Waals surface area contributed by atoms with Crippen LogP contribution in [0.2, 0.25) is 0 Å². The van der Waals surface area contributed by atoms with Crippen molar-refractivity contribution in [3.05, 3.63) is 53.0 Å². The number of halogens is 1. The first-order valence-electron chi connectivity index (χ1n) is 10.4. The Balaban J connectivity index is 1.43. The van der Waals surface area contributed by atoms with E-state index >= 15 is 0 Å². The van der Waals surface area contributed by atoms with Crippen LogP contribution in [0.25, 0.3) is 5.65 Å². The van der Waals surface area contributed by atoms with E-state index in [0.29, 0.717) is 25.4 Å². The molecule has 1 fully saturated rings. The largest absolute Gasteiger partial charge is 0.493 e. The fraction of sp³-hybridized carbons (Fsp3) is 0.500. The fourth-order valence-electron chi connectivity index (χ4n) is 4.84. The number of aromatic nitrogens is 4. The summed E-state index contributed by atoms with van der Waals surface area (Å²) in [6.07, 6.45) is 7.94. The third-order valence-corrected chi connectivity index (χ3v) is 6.11. The van der Waals surface area contributed by atoms with Gasteiger partial charge in [0.1, 0.15) is 23.7 Å². The molecule has 1 aromatic carbocycles. The van der Waals surface area contributed by atoms with E-state index in [1.807, 2.05) is 10.6 Å². The van der Waals surface area contributed by atoms with Gasteiger partial charge in [-0.15, -0.1) is 10.2 Å². The van der Waals surface area contributed by atoms with Crippen molar-refractivity contribution < 1.29 is 13.9 Å². The Bertz CT molecular complexity index is 1040. The Morgan fingerprint density at radius 3 is 2.83 bits per heavy atom. The highest BCUT2D eigenvalue weighted by Crippen LogP contribution is 2.35. The highest BCUT2D eigenvalue weighted by Gasteiger charge is 2.28. The third kappa shape index (κ3) is 3.37. The Hall–Kier alpha value is -2.54. The number of aryl methyl sites for hydroxylation is 1. The first-order chi connectivity index (χ1) is 14.1. The second kappa shape index (κ2) is 7.37. The van der Waals surface area contributed by atoms with Gasteiger partial charge in [0.2, 0.25) is 0 Å². The Kier molecular flexibility index (Phi) is 4.70. The molecule has 5 rings (SSSR count). The average Bonchev–Trinajstić information content (AvgIpc) is 3.36. The van der Waals surface area contributed by atoms with Crippen LogP contribution in [-0.2, 0) is 24.0 Å². The molecule has 6 nitrogen and oxygen atoms in total. The van der Waals surface area contributed by atoms with Gasteiger partial charge in [-0.25, -0.2) is 9.37 Å². The topological polar surface area (TPSA) is 61.5 Å². The third-order valence-electron chi connectivity index (χ3n) is 6.11.